The van der Waals surface area contributed by atoms with Crippen LogP contribution in [0.4, 0.5) is 5.95 Å². The first-order valence-electron chi connectivity index (χ1n) is 5.33. The van der Waals surface area contributed by atoms with E-state index < -0.39 is 0 Å². The lowest BCUT2D eigenvalue weighted by molar-refractivity contribution is 0.863. The summed E-state index contributed by atoms with van der Waals surface area (Å²) < 4.78 is 2.93. The third kappa shape index (κ3) is 2.82. The lowest BCUT2D eigenvalue weighted by Gasteiger charge is -2.13. The van der Waals surface area contributed by atoms with Gasteiger partial charge in [-0.25, -0.2) is 4.98 Å². The van der Waals surface area contributed by atoms with Crippen LogP contribution in [0.15, 0.2) is 35.1 Å². The van der Waals surface area contributed by atoms with Crippen molar-refractivity contribution in [1.82, 2.24) is 9.55 Å². The summed E-state index contributed by atoms with van der Waals surface area (Å²) in [4.78, 5) is 4.29. The Labute approximate surface area is 114 Å². The highest BCUT2D eigenvalue weighted by atomic mass is 79.9. The van der Waals surface area contributed by atoms with Crippen molar-refractivity contribution in [1.29, 1.82) is 0 Å². The highest BCUT2D eigenvalue weighted by Gasteiger charge is 2.09. The number of halogens is 2. The minimum absolute atomic E-state index is 0.335. The van der Waals surface area contributed by atoms with Gasteiger partial charge < -0.3 is 5.32 Å². The van der Waals surface area contributed by atoms with Crippen molar-refractivity contribution in [2.75, 3.05) is 5.32 Å². The van der Waals surface area contributed by atoms with Gasteiger partial charge in [-0.3, -0.25) is 4.57 Å². The number of rotatable bonds is 3. The van der Waals surface area contributed by atoms with Crippen LogP contribution in [0.2, 0.25) is 5.02 Å². The molecule has 0 radical (unpaired) electrons. The Morgan fingerprint density at radius 2 is 2.18 bits per heavy atom. The molecule has 0 bridgehead atoms. The standard InChI is InChI=1S/C12H13BrClN3/c1-8(2)16-12-15-5-6-17(12)11-4-3-9(14)7-10(11)13/h3-8H,1-2H3,(H,15,16). The number of hydrogen-bond donors (Lipinski definition) is 1. The van der Waals surface area contributed by atoms with Crippen molar-refractivity contribution in [3.63, 3.8) is 0 Å². The zero-order valence-corrected chi connectivity index (χ0v) is 12.0. The average molecular weight is 315 g/mol. The lowest BCUT2D eigenvalue weighted by Crippen LogP contribution is -2.14. The predicted octanol–water partition coefficient (Wildman–Crippen LogP) is 4.11. The molecular weight excluding hydrogens is 302 g/mol. The number of imidazole rings is 1. The largest absolute Gasteiger partial charge is 0.353 e. The Kier molecular flexibility index (Phi) is 3.74. The number of anilines is 1. The van der Waals surface area contributed by atoms with Crippen LogP contribution in [0.5, 0.6) is 0 Å². The molecule has 0 spiro atoms. The van der Waals surface area contributed by atoms with Crippen LogP contribution in [0.3, 0.4) is 0 Å². The molecule has 0 saturated carbocycles. The third-order valence-corrected chi connectivity index (χ3v) is 3.10. The Morgan fingerprint density at radius 3 is 2.82 bits per heavy atom. The van der Waals surface area contributed by atoms with Crippen LogP contribution in [0.1, 0.15) is 13.8 Å². The van der Waals surface area contributed by atoms with E-state index in [1.165, 1.54) is 0 Å². The molecule has 0 atom stereocenters. The second kappa shape index (κ2) is 5.10. The first-order chi connectivity index (χ1) is 8.08. The van der Waals surface area contributed by atoms with E-state index in [1.807, 2.05) is 29.0 Å². The Balaban J connectivity index is 2.42. The molecule has 3 nitrogen and oxygen atoms in total. The maximum Gasteiger partial charge on any atom is 0.207 e. The fourth-order valence-corrected chi connectivity index (χ4v) is 2.41. The van der Waals surface area contributed by atoms with Crippen molar-refractivity contribution < 1.29 is 0 Å². The molecule has 1 aromatic heterocycles. The summed E-state index contributed by atoms with van der Waals surface area (Å²) in [5, 5.41) is 4.00. The minimum atomic E-state index is 0.335. The predicted molar refractivity (Wildman–Crippen MR) is 75.0 cm³/mol. The van der Waals surface area contributed by atoms with Crippen molar-refractivity contribution in [3.05, 3.63) is 40.1 Å². The second-order valence-corrected chi connectivity index (χ2v) is 5.31. The van der Waals surface area contributed by atoms with E-state index in [0.717, 1.165) is 16.1 Å². The topological polar surface area (TPSA) is 29.9 Å². The summed E-state index contributed by atoms with van der Waals surface area (Å²) in [6, 6.07) is 6.03. The monoisotopic (exact) mass is 313 g/mol. The Morgan fingerprint density at radius 1 is 1.41 bits per heavy atom. The van der Waals surface area contributed by atoms with Crippen LogP contribution in [-0.4, -0.2) is 15.6 Å². The molecule has 0 aliphatic heterocycles. The van der Waals surface area contributed by atoms with Gasteiger partial charge >= 0.3 is 0 Å². The summed E-state index contributed by atoms with van der Waals surface area (Å²) in [6.07, 6.45) is 3.68. The van der Waals surface area contributed by atoms with Gasteiger partial charge in [-0.1, -0.05) is 11.6 Å². The van der Waals surface area contributed by atoms with E-state index in [9.17, 15) is 0 Å². The first-order valence-corrected chi connectivity index (χ1v) is 6.50. The van der Waals surface area contributed by atoms with Gasteiger partial charge in [0.2, 0.25) is 5.95 Å². The van der Waals surface area contributed by atoms with E-state index in [4.69, 9.17) is 11.6 Å². The molecule has 1 heterocycles. The van der Waals surface area contributed by atoms with E-state index in [-0.39, 0.29) is 0 Å². The summed E-state index contributed by atoms with van der Waals surface area (Å²) in [5.41, 5.74) is 1.01. The molecule has 0 unspecified atom stereocenters. The molecule has 1 aromatic carbocycles. The lowest BCUT2D eigenvalue weighted by atomic mass is 10.3. The first kappa shape index (κ1) is 12.5. The second-order valence-electron chi connectivity index (χ2n) is 4.02. The molecular formula is C12H13BrClN3. The number of nitrogens with zero attached hydrogens (tertiary/aromatic N) is 2. The zero-order valence-electron chi connectivity index (χ0n) is 9.61. The van der Waals surface area contributed by atoms with Crippen LogP contribution in [0.25, 0.3) is 5.69 Å². The number of benzene rings is 1. The van der Waals surface area contributed by atoms with E-state index in [1.54, 1.807) is 6.20 Å². The molecule has 0 amide bonds. The van der Waals surface area contributed by atoms with Crippen molar-refractivity contribution in [2.45, 2.75) is 19.9 Å². The van der Waals surface area contributed by atoms with Gasteiger partial charge in [-0.2, -0.15) is 0 Å². The molecule has 0 aliphatic rings. The van der Waals surface area contributed by atoms with Gasteiger partial charge in [0.25, 0.3) is 0 Å². The summed E-state index contributed by atoms with van der Waals surface area (Å²) in [6.45, 7) is 4.16. The van der Waals surface area contributed by atoms with Gasteiger partial charge in [0.1, 0.15) is 0 Å². The average Bonchev–Trinajstić information content (AvgIpc) is 2.65. The van der Waals surface area contributed by atoms with Crippen LogP contribution >= 0.6 is 27.5 Å². The van der Waals surface area contributed by atoms with Crippen molar-refractivity contribution >= 4 is 33.5 Å². The number of hydrogen-bond acceptors (Lipinski definition) is 2. The van der Waals surface area contributed by atoms with E-state index >= 15 is 0 Å². The van der Waals surface area contributed by atoms with Gasteiger partial charge in [0.05, 0.1) is 5.69 Å². The molecule has 0 fully saturated rings. The van der Waals surface area contributed by atoms with Gasteiger partial charge in [0, 0.05) is 27.9 Å². The fourth-order valence-electron chi connectivity index (χ4n) is 1.54. The Bertz CT molecular complexity index is 522. The molecule has 1 N–H and O–H groups in total. The van der Waals surface area contributed by atoms with Crippen molar-refractivity contribution in [2.24, 2.45) is 0 Å². The smallest absolute Gasteiger partial charge is 0.207 e. The van der Waals surface area contributed by atoms with Gasteiger partial charge in [-0.15, -0.1) is 0 Å². The molecule has 17 heavy (non-hydrogen) atoms. The zero-order chi connectivity index (χ0) is 12.4. The maximum absolute atomic E-state index is 5.93. The van der Waals surface area contributed by atoms with E-state index in [2.05, 4.69) is 40.1 Å². The Hall–Kier alpha value is -1.000. The van der Waals surface area contributed by atoms with Crippen LogP contribution in [0, 0.1) is 0 Å². The van der Waals surface area contributed by atoms with Crippen LogP contribution in [-0.2, 0) is 0 Å². The molecule has 0 aliphatic carbocycles. The number of nitrogens with one attached hydrogen (secondary N) is 1. The highest BCUT2D eigenvalue weighted by molar-refractivity contribution is 9.10. The minimum Gasteiger partial charge on any atom is -0.353 e. The summed E-state index contributed by atoms with van der Waals surface area (Å²) >= 11 is 9.44. The van der Waals surface area contributed by atoms with E-state index in [0.29, 0.717) is 11.1 Å². The summed E-state index contributed by atoms with van der Waals surface area (Å²) in [5.74, 6) is 0.822. The van der Waals surface area contributed by atoms with Gasteiger partial charge in [-0.05, 0) is 48.0 Å². The molecule has 2 rings (SSSR count). The molecule has 90 valence electrons. The highest BCUT2D eigenvalue weighted by Crippen LogP contribution is 2.26. The van der Waals surface area contributed by atoms with Crippen molar-refractivity contribution in [3.8, 4) is 5.69 Å². The normalized spacial score (nSPS) is 10.9. The number of aromatic nitrogens is 2. The molecule has 0 saturated heterocycles. The van der Waals surface area contributed by atoms with Crippen LogP contribution < -0.4 is 5.32 Å². The quantitative estimate of drug-likeness (QED) is 0.924. The fraction of sp³-hybridized carbons (Fsp3) is 0.250. The summed E-state index contributed by atoms with van der Waals surface area (Å²) in [7, 11) is 0. The maximum atomic E-state index is 5.93. The SMILES string of the molecule is CC(C)Nc1nccn1-c1ccc(Cl)cc1Br. The molecule has 2 aromatic rings. The van der Waals surface area contributed by atoms with Gasteiger partial charge in [0.15, 0.2) is 0 Å². The molecule has 5 heteroatoms. The third-order valence-electron chi connectivity index (χ3n) is 2.23.